The van der Waals surface area contributed by atoms with Crippen molar-refractivity contribution in [1.29, 1.82) is 0 Å². The maximum absolute atomic E-state index is 13.4. The SMILES string of the molecule is Cc1cc(-c2ccc(N=Nc3c(S(=O)(=O)O)cc4cccc(S(=O)(=O)O)c4c3[O-])c(C)c2)ccc1N=Nc1ccc2c(S(=O)(=O)[O-])ccc(N)c2c1[O-].[Na+].[Na+].[Na+]. The fourth-order valence-electron chi connectivity index (χ4n) is 5.66. The summed E-state index contributed by atoms with van der Waals surface area (Å²) >= 11 is 0. The fraction of sp³-hybridized carbons (Fsp3) is 0.0588. The first kappa shape index (κ1) is 47.5. The molecule has 0 heterocycles. The van der Waals surface area contributed by atoms with Gasteiger partial charge in [-0.25, -0.2) is 8.42 Å². The number of hydrogen-bond acceptors (Lipinski definition) is 14. The predicted molar refractivity (Wildman–Crippen MR) is 188 cm³/mol. The maximum atomic E-state index is 13.4. The Hall–Kier alpha value is -2.83. The predicted octanol–water partition coefficient (Wildman–Crippen LogP) is -2.75. The van der Waals surface area contributed by atoms with Crippen LogP contribution in [0.2, 0.25) is 0 Å². The maximum Gasteiger partial charge on any atom is 1.00 e. The van der Waals surface area contributed by atoms with Crippen LogP contribution in [-0.4, -0.2) is 38.9 Å². The van der Waals surface area contributed by atoms with Gasteiger partial charge in [-0.15, -0.1) is 5.11 Å². The average Bonchev–Trinajstić information content (AvgIpc) is 3.06. The smallest absolute Gasteiger partial charge is 0.870 e. The minimum atomic E-state index is -5.03. The average molecular weight is 844 g/mol. The van der Waals surface area contributed by atoms with E-state index in [-0.39, 0.29) is 122 Å². The molecule has 0 spiro atoms. The number of aryl methyl sites for hydroxylation is 2. The molecule has 6 rings (SSSR count). The van der Waals surface area contributed by atoms with Gasteiger partial charge < -0.3 is 20.5 Å². The minimum absolute atomic E-state index is 0. The molecule has 0 aliphatic rings. The largest absolute Gasteiger partial charge is 1.00 e. The van der Waals surface area contributed by atoms with E-state index in [2.05, 4.69) is 20.5 Å². The monoisotopic (exact) mass is 843 g/mol. The van der Waals surface area contributed by atoms with E-state index in [0.717, 1.165) is 29.8 Å². The standard InChI is InChI=1S/C34H27N5O11S3.3Na/c1-17-14-19(6-10-24(17)36-38-26-12-8-22-27(51(42,43)44)13-9-23(35)31(22)33(26)40)20-7-11-25(18(2)15-20)37-39-32-29(53(48,49)50)16-21-4-3-5-28(52(45,46)47)30(21)34(32)41;;;/h3-16,40-41H,35H2,1-2H3,(H,42,43,44)(H,45,46,47)(H,48,49,50);;;/q;3*+1/p-3. The minimum Gasteiger partial charge on any atom is -0.870 e. The van der Waals surface area contributed by atoms with Gasteiger partial charge in [0.1, 0.15) is 19.9 Å². The zero-order chi connectivity index (χ0) is 38.6. The first-order valence-electron chi connectivity index (χ1n) is 15.0. The molecule has 4 N–H and O–H groups in total. The number of benzene rings is 6. The normalized spacial score (nSPS) is 12.1. The molecule has 0 aliphatic carbocycles. The van der Waals surface area contributed by atoms with Gasteiger partial charge in [0.2, 0.25) is 0 Å². The Labute approximate surface area is 387 Å². The van der Waals surface area contributed by atoms with Crippen LogP contribution in [0.5, 0.6) is 11.5 Å². The molecular formula is C34H24N5Na3O11S3. The second-order valence-electron chi connectivity index (χ2n) is 11.7. The van der Waals surface area contributed by atoms with E-state index in [1.165, 1.54) is 30.3 Å². The van der Waals surface area contributed by atoms with E-state index >= 15 is 0 Å². The van der Waals surface area contributed by atoms with Crippen molar-refractivity contribution in [3.63, 3.8) is 0 Å². The van der Waals surface area contributed by atoms with Crippen LogP contribution in [-0.2, 0) is 30.4 Å². The summed E-state index contributed by atoms with van der Waals surface area (Å²) in [6, 6.07) is 19.0. The van der Waals surface area contributed by atoms with E-state index in [4.69, 9.17) is 5.73 Å². The molecular weight excluding hydrogens is 820 g/mol. The van der Waals surface area contributed by atoms with Gasteiger partial charge in [-0.2, -0.15) is 32.2 Å². The Kier molecular flexibility index (Phi) is 15.3. The number of nitrogens with two attached hydrogens (primary N) is 1. The van der Waals surface area contributed by atoms with E-state index < -0.39 is 67.6 Å². The molecule has 0 fully saturated rings. The van der Waals surface area contributed by atoms with Crippen LogP contribution in [0.1, 0.15) is 11.1 Å². The van der Waals surface area contributed by atoms with Crippen LogP contribution in [0.4, 0.5) is 28.4 Å². The number of nitrogen functional groups attached to an aromatic ring is 1. The van der Waals surface area contributed by atoms with Crippen molar-refractivity contribution in [3.8, 4) is 22.6 Å². The fourth-order valence-corrected chi connectivity index (χ4v) is 7.71. The molecule has 0 aliphatic heterocycles. The van der Waals surface area contributed by atoms with Crippen LogP contribution in [0.25, 0.3) is 32.7 Å². The van der Waals surface area contributed by atoms with Gasteiger partial charge in [-0.05, 0) is 101 Å². The van der Waals surface area contributed by atoms with Gasteiger partial charge in [0.25, 0.3) is 20.2 Å². The zero-order valence-corrected chi connectivity index (χ0v) is 38.7. The van der Waals surface area contributed by atoms with Gasteiger partial charge >= 0.3 is 88.7 Å². The summed E-state index contributed by atoms with van der Waals surface area (Å²) in [6.07, 6.45) is 0. The molecule has 0 bridgehead atoms. The molecule has 0 saturated carbocycles. The number of anilines is 1. The molecule has 6 aromatic carbocycles. The van der Waals surface area contributed by atoms with Crippen molar-refractivity contribution in [3.05, 3.63) is 96.1 Å². The number of rotatable bonds is 8. The molecule has 16 nitrogen and oxygen atoms in total. The molecule has 22 heteroatoms. The number of hydrogen-bond donors (Lipinski definition) is 3. The number of azo groups is 2. The molecule has 0 unspecified atom stereocenters. The van der Waals surface area contributed by atoms with Crippen molar-refractivity contribution in [2.24, 2.45) is 20.5 Å². The summed E-state index contributed by atoms with van der Waals surface area (Å²) < 4.78 is 103. The summed E-state index contributed by atoms with van der Waals surface area (Å²) in [4.78, 5) is -2.26. The molecule has 6 aromatic rings. The Morgan fingerprint density at radius 2 is 1.09 bits per heavy atom. The van der Waals surface area contributed by atoms with E-state index in [1.807, 2.05) is 0 Å². The summed E-state index contributed by atoms with van der Waals surface area (Å²) in [5, 5.41) is 41.5. The Balaban J connectivity index is 0.00000280. The third kappa shape index (κ3) is 9.71. The van der Waals surface area contributed by atoms with Crippen molar-refractivity contribution in [2.45, 2.75) is 28.5 Å². The first-order valence-corrected chi connectivity index (χ1v) is 19.3. The summed E-state index contributed by atoms with van der Waals surface area (Å²) in [5.74, 6) is -1.91. The topological polar surface area (TPSA) is 288 Å². The number of nitrogens with zero attached hydrogens (tertiary/aromatic N) is 4. The summed E-state index contributed by atoms with van der Waals surface area (Å²) in [7, 11) is -14.8. The van der Waals surface area contributed by atoms with E-state index in [9.17, 15) is 49.1 Å². The molecule has 272 valence electrons. The third-order valence-corrected chi connectivity index (χ3v) is 10.9. The van der Waals surface area contributed by atoms with Gasteiger partial charge in [0.15, 0.2) is 0 Å². The Morgan fingerprint density at radius 3 is 1.61 bits per heavy atom. The Morgan fingerprint density at radius 1 is 0.571 bits per heavy atom. The zero-order valence-electron chi connectivity index (χ0n) is 30.2. The quantitative estimate of drug-likeness (QED) is 0.0609. The molecule has 0 saturated heterocycles. The summed E-state index contributed by atoms with van der Waals surface area (Å²) in [5.41, 5.74) is 8.10. The third-order valence-electron chi connectivity index (χ3n) is 8.20. The van der Waals surface area contributed by atoms with Crippen molar-refractivity contribution in [1.82, 2.24) is 0 Å². The van der Waals surface area contributed by atoms with Gasteiger partial charge in [-0.3, -0.25) is 9.11 Å². The van der Waals surface area contributed by atoms with Crippen molar-refractivity contribution in [2.75, 3.05) is 5.73 Å². The van der Waals surface area contributed by atoms with Crippen molar-refractivity contribution < 1.29 is 138 Å². The summed E-state index contributed by atoms with van der Waals surface area (Å²) in [6.45, 7) is 3.41. The van der Waals surface area contributed by atoms with Crippen LogP contribution in [0.15, 0.2) is 120 Å². The van der Waals surface area contributed by atoms with E-state index in [1.54, 1.807) is 44.2 Å². The number of fused-ring (bicyclic) bond motifs is 2. The van der Waals surface area contributed by atoms with Gasteiger partial charge in [0.05, 0.1) is 27.6 Å². The van der Waals surface area contributed by atoms with Crippen LogP contribution in [0, 0.1) is 13.8 Å². The molecule has 0 atom stereocenters. The molecule has 56 heavy (non-hydrogen) atoms. The van der Waals surface area contributed by atoms with Gasteiger partial charge in [-0.1, -0.05) is 41.8 Å². The van der Waals surface area contributed by atoms with Crippen LogP contribution in [0.3, 0.4) is 0 Å². The molecule has 0 aromatic heterocycles. The van der Waals surface area contributed by atoms with Crippen LogP contribution < -0.4 is 105 Å². The second kappa shape index (κ2) is 18.0. The van der Waals surface area contributed by atoms with Crippen LogP contribution >= 0.6 is 0 Å². The molecule has 0 amide bonds. The molecule has 0 radical (unpaired) electrons. The van der Waals surface area contributed by atoms with Crippen molar-refractivity contribution >= 4 is 80.3 Å². The van der Waals surface area contributed by atoms with Gasteiger partial charge in [0, 0.05) is 16.5 Å². The first-order chi connectivity index (χ1) is 24.8. The second-order valence-corrected chi connectivity index (χ2v) is 15.8. The van der Waals surface area contributed by atoms with E-state index in [0.29, 0.717) is 22.4 Å². The Bertz CT molecular complexity index is 2950.